The van der Waals surface area contributed by atoms with E-state index in [9.17, 15) is 4.79 Å². The van der Waals surface area contributed by atoms with Crippen molar-refractivity contribution >= 4 is 34.3 Å². The number of thiocarbonyl (C=S) groups is 1. The molecule has 0 amide bonds. The number of hydrogen-bond donors (Lipinski definition) is 0. The van der Waals surface area contributed by atoms with Crippen molar-refractivity contribution in [2.45, 2.75) is 25.0 Å². The van der Waals surface area contributed by atoms with Gasteiger partial charge in [0.1, 0.15) is 4.32 Å². The van der Waals surface area contributed by atoms with Gasteiger partial charge in [0.2, 0.25) is 0 Å². The summed E-state index contributed by atoms with van der Waals surface area (Å²) in [5, 5.41) is 0. The third kappa shape index (κ3) is 2.44. The highest BCUT2D eigenvalue weighted by atomic mass is 32.2. The van der Waals surface area contributed by atoms with Gasteiger partial charge >= 0.3 is 5.97 Å². The molecule has 2 aliphatic rings. The van der Waals surface area contributed by atoms with Crippen LogP contribution in [-0.2, 0) is 14.3 Å². The molecule has 0 aromatic heterocycles. The fraction of sp³-hybridized carbons (Fsp3) is 0.818. The van der Waals surface area contributed by atoms with Crippen LogP contribution in [0.1, 0.15) is 12.8 Å². The zero-order chi connectivity index (χ0) is 12.4. The van der Waals surface area contributed by atoms with Gasteiger partial charge in [0.05, 0.1) is 25.2 Å². The fourth-order valence-corrected chi connectivity index (χ4v) is 4.11. The first kappa shape index (κ1) is 13.1. The van der Waals surface area contributed by atoms with Crippen LogP contribution in [0.3, 0.4) is 0 Å². The molecule has 0 aromatic carbocycles. The number of hydrogen-bond acceptors (Lipinski definition) is 5. The number of thioether (sulfide) groups is 1. The predicted molar refractivity (Wildman–Crippen MR) is 71.1 cm³/mol. The number of fused-ring (bicyclic) bond motifs is 1. The minimum absolute atomic E-state index is 0.113. The lowest BCUT2D eigenvalue weighted by Gasteiger charge is -2.31. The molecule has 0 saturated carbocycles. The molecule has 0 spiro atoms. The highest BCUT2D eigenvalue weighted by molar-refractivity contribution is 8.22. The Labute approximate surface area is 111 Å². The predicted octanol–water partition coefficient (Wildman–Crippen LogP) is 1.29. The Morgan fingerprint density at radius 3 is 2.94 bits per heavy atom. The third-order valence-corrected chi connectivity index (χ3v) is 5.07. The summed E-state index contributed by atoms with van der Waals surface area (Å²) in [6.07, 6.45) is 2.03. The van der Waals surface area contributed by atoms with E-state index >= 15 is 0 Å². The maximum Gasteiger partial charge on any atom is 0.312 e. The molecule has 6 heteroatoms. The molecule has 0 aliphatic carbocycles. The topological polar surface area (TPSA) is 38.8 Å². The van der Waals surface area contributed by atoms with Gasteiger partial charge in [0.25, 0.3) is 0 Å². The molecule has 17 heavy (non-hydrogen) atoms. The van der Waals surface area contributed by atoms with Gasteiger partial charge in [-0.2, -0.15) is 0 Å². The van der Waals surface area contributed by atoms with Crippen molar-refractivity contribution in [3.63, 3.8) is 0 Å². The van der Waals surface area contributed by atoms with Crippen LogP contribution < -0.4 is 0 Å². The van der Waals surface area contributed by atoms with E-state index in [1.54, 1.807) is 18.9 Å². The number of carbonyl (C=O) groups is 1. The average Bonchev–Trinajstić information content (AvgIpc) is 2.77. The Hall–Kier alpha value is -0.330. The van der Waals surface area contributed by atoms with Gasteiger partial charge in [-0.15, -0.1) is 0 Å². The normalized spacial score (nSPS) is 33.2. The molecular formula is C11H17NO3S2. The summed E-state index contributed by atoms with van der Waals surface area (Å²) in [5.74, 6) is 0.235. The van der Waals surface area contributed by atoms with Gasteiger partial charge in [0.15, 0.2) is 0 Å². The number of carbonyl (C=O) groups excluding carboxylic acids is 1. The van der Waals surface area contributed by atoms with Crippen LogP contribution in [0, 0.1) is 5.92 Å². The first-order chi connectivity index (χ1) is 8.19. The van der Waals surface area contributed by atoms with E-state index in [1.807, 2.05) is 0 Å². The lowest BCUT2D eigenvalue weighted by atomic mass is 9.96. The van der Waals surface area contributed by atoms with Crippen molar-refractivity contribution in [2.75, 3.05) is 26.5 Å². The number of methoxy groups -OCH3 is 2. The van der Waals surface area contributed by atoms with Crippen LogP contribution in [0.4, 0.5) is 0 Å². The summed E-state index contributed by atoms with van der Waals surface area (Å²) in [6, 6.07) is 0.228. The van der Waals surface area contributed by atoms with Crippen molar-refractivity contribution < 1.29 is 14.3 Å². The Morgan fingerprint density at radius 1 is 1.53 bits per heavy atom. The molecule has 0 aromatic rings. The average molecular weight is 275 g/mol. The fourth-order valence-electron chi connectivity index (χ4n) is 2.64. The van der Waals surface area contributed by atoms with Crippen molar-refractivity contribution in [1.29, 1.82) is 0 Å². The van der Waals surface area contributed by atoms with Crippen LogP contribution in [0.25, 0.3) is 0 Å². The van der Waals surface area contributed by atoms with E-state index < -0.39 is 0 Å². The van der Waals surface area contributed by atoms with E-state index in [1.165, 1.54) is 7.11 Å². The van der Waals surface area contributed by atoms with Crippen LogP contribution in [0.5, 0.6) is 0 Å². The molecule has 96 valence electrons. The van der Waals surface area contributed by atoms with Gasteiger partial charge in [0, 0.05) is 19.4 Å². The summed E-state index contributed by atoms with van der Waals surface area (Å²) >= 11 is 6.95. The van der Waals surface area contributed by atoms with Gasteiger partial charge in [-0.25, -0.2) is 0 Å². The largest absolute Gasteiger partial charge is 0.469 e. The maximum absolute atomic E-state index is 11.8. The zero-order valence-corrected chi connectivity index (χ0v) is 11.7. The van der Waals surface area contributed by atoms with Crippen LogP contribution in [0.15, 0.2) is 0 Å². The van der Waals surface area contributed by atoms with Gasteiger partial charge in [-0.05, 0) is 12.8 Å². The van der Waals surface area contributed by atoms with E-state index in [0.717, 1.165) is 23.7 Å². The molecule has 4 nitrogen and oxygen atoms in total. The van der Waals surface area contributed by atoms with Crippen molar-refractivity contribution in [3.8, 4) is 0 Å². The number of rotatable bonds is 2. The minimum atomic E-state index is -0.221. The molecule has 2 aliphatic heterocycles. The Balaban J connectivity index is 2.24. The molecule has 2 rings (SSSR count). The van der Waals surface area contributed by atoms with E-state index in [4.69, 9.17) is 21.7 Å². The lowest BCUT2D eigenvalue weighted by molar-refractivity contribution is -0.150. The summed E-state index contributed by atoms with van der Waals surface area (Å²) in [5.41, 5.74) is 0. The Bertz CT molecular complexity index is 324. The number of nitrogens with zero attached hydrogens (tertiary/aromatic N) is 1. The zero-order valence-electron chi connectivity index (χ0n) is 10.0. The van der Waals surface area contributed by atoms with Gasteiger partial charge < -0.3 is 14.4 Å². The molecule has 0 bridgehead atoms. The second-order valence-electron chi connectivity index (χ2n) is 4.31. The molecule has 3 atom stereocenters. The van der Waals surface area contributed by atoms with Crippen LogP contribution in [-0.4, -0.2) is 53.9 Å². The van der Waals surface area contributed by atoms with E-state index in [0.29, 0.717) is 5.75 Å². The molecule has 2 unspecified atom stereocenters. The smallest absolute Gasteiger partial charge is 0.312 e. The summed E-state index contributed by atoms with van der Waals surface area (Å²) < 4.78 is 11.3. The molecule has 2 heterocycles. The van der Waals surface area contributed by atoms with Gasteiger partial charge in [-0.3, -0.25) is 4.79 Å². The maximum atomic E-state index is 11.8. The summed E-state index contributed by atoms with van der Waals surface area (Å²) in [4.78, 5) is 14.0. The standard InChI is InChI=1S/C11H17NO3S2/c1-14-9-7(10(13)15-2)6-17-11(16)12-5-3-4-8(9)12/h7-9H,3-6H2,1-2H3/t7?,8-,9?/m0/s1. The number of ether oxygens (including phenoxy) is 2. The SMILES string of the molecule is COC(=O)C1CSC(=S)N2CCC[C@H]2C1OC. The van der Waals surface area contributed by atoms with E-state index in [2.05, 4.69) is 4.90 Å². The quantitative estimate of drug-likeness (QED) is 0.558. The van der Waals surface area contributed by atoms with Crippen molar-refractivity contribution in [3.05, 3.63) is 0 Å². The molecule has 2 fully saturated rings. The van der Waals surface area contributed by atoms with Crippen molar-refractivity contribution in [1.82, 2.24) is 4.90 Å². The Kier molecular flexibility index (Phi) is 4.27. The monoisotopic (exact) mass is 275 g/mol. The summed E-state index contributed by atoms with van der Waals surface area (Å²) in [6.45, 7) is 0.976. The first-order valence-electron chi connectivity index (χ1n) is 5.73. The third-order valence-electron chi connectivity index (χ3n) is 3.47. The molecule has 0 radical (unpaired) electrons. The van der Waals surface area contributed by atoms with Crippen molar-refractivity contribution in [2.24, 2.45) is 5.92 Å². The second-order valence-corrected chi connectivity index (χ2v) is 5.96. The second kappa shape index (κ2) is 5.54. The Morgan fingerprint density at radius 2 is 2.29 bits per heavy atom. The first-order valence-corrected chi connectivity index (χ1v) is 7.12. The lowest BCUT2D eigenvalue weighted by Crippen LogP contribution is -2.45. The summed E-state index contributed by atoms with van der Waals surface area (Å²) in [7, 11) is 3.09. The molecule has 0 N–H and O–H groups in total. The van der Waals surface area contributed by atoms with E-state index in [-0.39, 0.29) is 24.0 Å². The van der Waals surface area contributed by atoms with Gasteiger partial charge in [-0.1, -0.05) is 24.0 Å². The highest BCUT2D eigenvalue weighted by Crippen LogP contribution is 2.34. The molecular weight excluding hydrogens is 258 g/mol. The molecule has 2 saturated heterocycles. The minimum Gasteiger partial charge on any atom is -0.469 e. The van der Waals surface area contributed by atoms with Crippen LogP contribution >= 0.6 is 24.0 Å². The number of esters is 1. The highest BCUT2D eigenvalue weighted by Gasteiger charge is 2.43. The van der Waals surface area contributed by atoms with Crippen LogP contribution in [0.2, 0.25) is 0 Å².